The van der Waals surface area contributed by atoms with E-state index in [-0.39, 0.29) is 0 Å². The van der Waals surface area contributed by atoms with Crippen LogP contribution in [0.1, 0.15) is 17.0 Å². The highest BCUT2D eigenvalue weighted by atomic mass is 19.4. The van der Waals surface area contributed by atoms with E-state index in [1.807, 2.05) is 30.3 Å². The van der Waals surface area contributed by atoms with Crippen molar-refractivity contribution in [2.45, 2.75) is 12.6 Å². The number of halogens is 3. The molecule has 0 aliphatic carbocycles. The molecule has 0 N–H and O–H groups in total. The summed E-state index contributed by atoms with van der Waals surface area (Å²) in [4.78, 5) is 4.31. The Morgan fingerprint density at radius 2 is 1.77 bits per heavy atom. The number of alkyl halides is 3. The van der Waals surface area contributed by atoms with E-state index in [0.717, 1.165) is 28.6 Å². The van der Waals surface area contributed by atoms with Gasteiger partial charge >= 0.3 is 6.18 Å². The predicted molar refractivity (Wildman–Crippen MR) is 106 cm³/mol. The summed E-state index contributed by atoms with van der Waals surface area (Å²) >= 11 is 0. The summed E-state index contributed by atoms with van der Waals surface area (Å²) in [6, 6.07) is 18.2. The maximum atomic E-state index is 13.1. The van der Waals surface area contributed by atoms with Crippen molar-refractivity contribution in [2.75, 3.05) is 0 Å². The van der Waals surface area contributed by atoms with Gasteiger partial charge in [-0.1, -0.05) is 24.3 Å². The topological polar surface area (TPSA) is 56.0 Å². The first-order valence-electron chi connectivity index (χ1n) is 9.20. The molecule has 30 heavy (non-hydrogen) atoms. The molecule has 0 atom stereocenters. The highest BCUT2D eigenvalue weighted by Gasteiger charge is 2.30. The van der Waals surface area contributed by atoms with Gasteiger partial charge in [-0.25, -0.2) is 0 Å². The molecule has 5 aromatic rings. The molecule has 0 saturated heterocycles. The molecule has 0 amide bonds. The molecule has 5 nitrogen and oxygen atoms in total. The molecule has 0 fully saturated rings. The van der Waals surface area contributed by atoms with Crippen LogP contribution in [0.25, 0.3) is 27.8 Å². The van der Waals surface area contributed by atoms with Crippen LogP contribution in [0.3, 0.4) is 0 Å². The third-order valence-electron chi connectivity index (χ3n) is 4.84. The summed E-state index contributed by atoms with van der Waals surface area (Å²) in [7, 11) is 0. The Morgan fingerprint density at radius 1 is 0.867 bits per heavy atom. The standard InChI is InChI=1S/C22H14F3N5/c23-22(24,25)17-5-1-3-16(13-17)19-8-9-20-27-28-21(30(20)29-19)12-14-6-7-18-15(11-14)4-2-10-26-18/h1-11,13H,12H2. The Labute approximate surface area is 168 Å². The largest absolute Gasteiger partial charge is 0.416 e. The van der Waals surface area contributed by atoms with Crippen molar-refractivity contribution in [3.63, 3.8) is 0 Å². The number of hydrogen-bond donors (Lipinski definition) is 0. The second-order valence-corrected chi connectivity index (χ2v) is 6.89. The zero-order valence-electron chi connectivity index (χ0n) is 15.5. The van der Waals surface area contributed by atoms with Crippen molar-refractivity contribution in [1.82, 2.24) is 24.8 Å². The van der Waals surface area contributed by atoms with E-state index in [4.69, 9.17) is 0 Å². The van der Waals surface area contributed by atoms with Gasteiger partial charge in [0.05, 0.1) is 16.8 Å². The van der Waals surface area contributed by atoms with Gasteiger partial charge in [0.1, 0.15) is 0 Å². The summed E-state index contributed by atoms with van der Waals surface area (Å²) in [5.41, 5.74) is 2.52. The third-order valence-corrected chi connectivity index (χ3v) is 4.84. The number of aromatic nitrogens is 5. The van der Waals surface area contributed by atoms with E-state index < -0.39 is 11.7 Å². The molecule has 3 aromatic heterocycles. The number of pyridine rings is 1. The molecule has 0 aliphatic heterocycles. The SMILES string of the molecule is FC(F)(F)c1cccc(-c2ccc3nnc(Cc4ccc5ncccc5c4)n3n2)c1. The minimum Gasteiger partial charge on any atom is -0.256 e. The first-order chi connectivity index (χ1) is 14.5. The minimum absolute atomic E-state index is 0.378. The van der Waals surface area contributed by atoms with Crippen LogP contribution in [0.15, 0.2) is 72.9 Å². The maximum absolute atomic E-state index is 13.1. The first kappa shape index (κ1) is 18.2. The molecule has 0 aliphatic rings. The average molecular weight is 405 g/mol. The van der Waals surface area contributed by atoms with Gasteiger partial charge in [0.2, 0.25) is 0 Å². The Hall–Kier alpha value is -3.81. The highest BCUT2D eigenvalue weighted by molar-refractivity contribution is 5.79. The Kier molecular flexibility index (Phi) is 4.20. The van der Waals surface area contributed by atoms with Gasteiger partial charge < -0.3 is 0 Å². The zero-order valence-corrected chi connectivity index (χ0v) is 15.5. The smallest absolute Gasteiger partial charge is 0.256 e. The third kappa shape index (κ3) is 3.36. The highest BCUT2D eigenvalue weighted by Crippen LogP contribution is 2.31. The molecule has 148 valence electrons. The summed E-state index contributed by atoms with van der Waals surface area (Å²) in [5.74, 6) is 0.599. The molecule has 0 bridgehead atoms. The summed E-state index contributed by atoms with van der Waals surface area (Å²) in [5, 5.41) is 13.9. The van der Waals surface area contributed by atoms with Gasteiger partial charge in [0.15, 0.2) is 11.5 Å². The number of hydrogen-bond acceptors (Lipinski definition) is 4. The van der Waals surface area contributed by atoms with Crippen LogP contribution in [0.2, 0.25) is 0 Å². The summed E-state index contributed by atoms with van der Waals surface area (Å²) in [6.07, 6.45) is -2.19. The van der Waals surface area contributed by atoms with Crippen LogP contribution in [0, 0.1) is 0 Å². The van der Waals surface area contributed by atoms with Crippen molar-refractivity contribution in [3.05, 3.63) is 89.9 Å². The Balaban J connectivity index is 1.53. The van der Waals surface area contributed by atoms with Crippen molar-refractivity contribution in [3.8, 4) is 11.3 Å². The van der Waals surface area contributed by atoms with Gasteiger partial charge in [-0.15, -0.1) is 10.2 Å². The van der Waals surface area contributed by atoms with Gasteiger partial charge in [0, 0.05) is 23.6 Å². The fourth-order valence-electron chi connectivity index (χ4n) is 3.37. The van der Waals surface area contributed by atoms with Crippen LogP contribution in [0.4, 0.5) is 13.2 Å². The number of nitrogens with zero attached hydrogens (tertiary/aromatic N) is 5. The number of fused-ring (bicyclic) bond motifs is 2. The summed E-state index contributed by atoms with van der Waals surface area (Å²) in [6.45, 7) is 0. The molecule has 3 heterocycles. The molecular formula is C22H14F3N5. The molecule has 2 aromatic carbocycles. The van der Waals surface area contributed by atoms with Crippen LogP contribution in [-0.4, -0.2) is 24.8 Å². The maximum Gasteiger partial charge on any atom is 0.416 e. The van der Waals surface area contributed by atoms with E-state index in [1.165, 1.54) is 6.07 Å². The second kappa shape index (κ2) is 6.91. The summed E-state index contributed by atoms with van der Waals surface area (Å²) < 4.78 is 40.7. The minimum atomic E-state index is -4.41. The van der Waals surface area contributed by atoms with E-state index in [0.29, 0.717) is 29.1 Å². The first-order valence-corrected chi connectivity index (χ1v) is 9.20. The molecule has 0 saturated carbocycles. The van der Waals surface area contributed by atoms with Crippen molar-refractivity contribution < 1.29 is 13.2 Å². The second-order valence-electron chi connectivity index (χ2n) is 6.89. The average Bonchev–Trinajstić information content (AvgIpc) is 3.15. The van der Waals surface area contributed by atoms with Gasteiger partial charge in [-0.3, -0.25) is 4.98 Å². The lowest BCUT2D eigenvalue weighted by atomic mass is 10.1. The number of rotatable bonds is 3. The molecule has 5 rings (SSSR count). The molecule has 0 spiro atoms. The molecular weight excluding hydrogens is 391 g/mol. The molecule has 8 heteroatoms. The molecule has 0 radical (unpaired) electrons. The fourth-order valence-corrected chi connectivity index (χ4v) is 3.37. The van der Waals surface area contributed by atoms with Crippen LogP contribution in [-0.2, 0) is 12.6 Å². The van der Waals surface area contributed by atoms with Gasteiger partial charge in [-0.05, 0) is 48.0 Å². The Bertz CT molecular complexity index is 1370. The quantitative estimate of drug-likeness (QED) is 0.426. The van der Waals surface area contributed by atoms with Crippen LogP contribution < -0.4 is 0 Å². The number of benzene rings is 2. The van der Waals surface area contributed by atoms with Crippen LogP contribution >= 0.6 is 0 Å². The van der Waals surface area contributed by atoms with Gasteiger partial charge in [0.25, 0.3) is 0 Å². The van der Waals surface area contributed by atoms with Crippen LogP contribution in [0.5, 0.6) is 0 Å². The lowest BCUT2D eigenvalue weighted by molar-refractivity contribution is -0.137. The normalized spacial score (nSPS) is 12.0. The monoisotopic (exact) mass is 405 g/mol. The lowest BCUT2D eigenvalue weighted by Crippen LogP contribution is -2.05. The van der Waals surface area contributed by atoms with Crippen molar-refractivity contribution in [2.24, 2.45) is 0 Å². The molecule has 0 unspecified atom stereocenters. The van der Waals surface area contributed by atoms with E-state index in [2.05, 4.69) is 20.3 Å². The Morgan fingerprint density at radius 3 is 2.63 bits per heavy atom. The van der Waals surface area contributed by atoms with E-state index in [9.17, 15) is 13.2 Å². The fraction of sp³-hybridized carbons (Fsp3) is 0.0909. The zero-order chi connectivity index (χ0) is 20.7. The van der Waals surface area contributed by atoms with E-state index in [1.54, 1.807) is 28.9 Å². The van der Waals surface area contributed by atoms with Crippen molar-refractivity contribution in [1.29, 1.82) is 0 Å². The van der Waals surface area contributed by atoms with Gasteiger partial charge in [-0.2, -0.15) is 22.8 Å². The van der Waals surface area contributed by atoms with Crippen molar-refractivity contribution >= 4 is 16.6 Å². The lowest BCUT2D eigenvalue weighted by Gasteiger charge is -2.09. The predicted octanol–water partition coefficient (Wildman–Crippen LogP) is 4.95. The van der Waals surface area contributed by atoms with E-state index >= 15 is 0 Å².